The van der Waals surface area contributed by atoms with Crippen LogP contribution >= 0.6 is 0 Å². The number of aryl methyl sites for hydroxylation is 1. The van der Waals surface area contributed by atoms with Crippen LogP contribution in [-0.4, -0.2) is 18.9 Å². The number of ketones is 1. The van der Waals surface area contributed by atoms with E-state index >= 15 is 0 Å². The van der Waals surface area contributed by atoms with Gasteiger partial charge in [-0.15, -0.1) is 0 Å². The third-order valence-corrected chi connectivity index (χ3v) is 4.16. The first-order chi connectivity index (χ1) is 10.1. The lowest BCUT2D eigenvalue weighted by Crippen LogP contribution is -2.31. The van der Waals surface area contributed by atoms with Crippen LogP contribution < -0.4 is 0 Å². The molecule has 0 spiro atoms. The summed E-state index contributed by atoms with van der Waals surface area (Å²) in [6.45, 7) is 2.00. The van der Waals surface area contributed by atoms with E-state index in [2.05, 4.69) is 4.74 Å². The zero-order valence-electron chi connectivity index (χ0n) is 12.7. The number of allylic oxidation sites excluding steroid dienone is 2. The van der Waals surface area contributed by atoms with Crippen LogP contribution in [0.4, 0.5) is 0 Å². The Morgan fingerprint density at radius 3 is 2.90 bits per heavy atom. The first kappa shape index (κ1) is 15.5. The van der Waals surface area contributed by atoms with Crippen LogP contribution in [0.25, 0.3) is 0 Å². The second-order valence-electron chi connectivity index (χ2n) is 5.77. The number of unbranched alkanes of at least 4 members (excludes halogenated alkanes) is 1. The van der Waals surface area contributed by atoms with Crippen molar-refractivity contribution in [3.05, 3.63) is 47.5 Å². The Hall–Kier alpha value is -1.90. The minimum atomic E-state index is -0.417. The van der Waals surface area contributed by atoms with Crippen molar-refractivity contribution >= 4 is 11.8 Å². The molecule has 0 N–H and O–H groups in total. The predicted octanol–water partition coefficient (Wildman–Crippen LogP) is 3.72. The van der Waals surface area contributed by atoms with Gasteiger partial charge in [-0.2, -0.15) is 0 Å². The number of esters is 1. The fourth-order valence-electron chi connectivity index (χ4n) is 2.74. The Morgan fingerprint density at radius 2 is 2.14 bits per heavy atom. The van der Waals surface area contributed by atoms with E-state index in [1.807, 2.05) is 43.3 Å². The smallest absolute Gasteiger partial charge is 0.305 e. The Morgan fingerprint density at radius 1 is 1.38 bits per heavy atom. The summed E-state index contributed by atoms with van der Waals surface area (Å²) in [7, 11) is 1.40. The first-order valence-electron chi connectivity index (χ1n) is 7.44. The molecule has 0 bridgehead atoms. The van der Waals surface area contributed by atoms with Crippen LogP contribution in [0.2, 0.25) is 0 Å². The molecular formula is C18H22O3. The van der Waals surface area contributed by atoms with E-state index in [1.165, 1.54) is 7.11 Å². The molecule has 1 unspecified atom stereocenters. The van der Waals surface area contributed by atoms with Crippen LogP contribution in [0.5, 0.6) is 0 Å². The summed E-state index contributed by atoms with van der Waals surface area (Å²) >= 11 is 0. The molecule has 112 valence electrons. The van der Waals surface area contributed by atoms with Gasteiger partial charge in [-0.05, 0) is 38.2 Å². The molecule has 0 fully saturated rings. The third-order valence-electron chi connectivity index (χ3n) is 4.16. The molecule has 0 saturated heterocycles. The van der Waals surface area contributed by atoms with Crippen LogP contribution in [0.3, 0.4) is 0 Å². The maximum Gasteiger partial charge on any atom is 0.305 e. The quantitative estimate of drug-likeness (QED) is 0.470. The SMILES string of the molecule is COC(=O)CCCC=CC1(C)CCc2ccccc2C1=O. The van der Waals surface area contributed by atoms with E-state index in [-0.39, 0.29) is 11.8 Å². The zero-order valence-corrected chi connectivity index (χ0v) is 12.7. The lowest BCUT2D eigenvalue weighted by Gasteiger charge is -2.30. The fourth-order valence-corrected chi connectivity index (χ4v) is 2.74. The molecule has 3 heteroatoms. The summed E-state index contributed by atoms with van der Waals surface area (Å²) in [6.07, 6.45) is 7.79. The minimum Gasteiger partial charge on any atom is -0.469 e. The molecule has 1 aromatic rings. The molecule has 2 rings (SSSR count). The van der Waals surface area contributed by atoms with Gasteiger partial charge in [0.25, 0.3) is 0 Å². The molecule has 3 nitrogen and oxygen atoms in total. The largest absolute Gasteiger partial charge is 0.469 e. The van der Waals surface area contributed by atoms with Crippen molar-refractivity contribution in [3.63, 3.8) is 0 Å². The molecule has 0 heterocycles. The topological polar surface area (TPSA) is 43.4 Å². The molecule has 0 saturated carbocycles. The Kier molecular flexibility index (Phi) is 4.94. The highest BCUT2D eigenvalue weighted by Gasteiger charge is 2.35. The van der Waals surface area contributed by atoms with Gasteiger partial charge in [-0.3, -0.25) is 9.59 Å². The summed E-state index contributed by atoms with van der Waals surface area (Å²) in [5.74, 6) is 0.0193. The van der Waals surface area contributed by atoms with Crippen LogP contribution in [0.15, 0.2) is 36.4 Å². The van der Waals surface area contributed by atoms with Crippen molar-refractivity contribution in [2.24, 2.45) is 5.41 Å². The van der Waals surface area contributed by atoms with Gasteiger partial charge < -0.3 is 4.74 Å². The van der Waals surface area contributed by atoms with Crippen LogP contribution in [-0.2, 0) is 16.0 Å². The first-order valence-corrected chi connectivity index (χ1v) is 7.44. The van der Waals surface area contributed by atoms with E-state index in [0.717, 1.165) is 36.8 Å². The zero-order chi connectivity index (χ0) is 15.3. The van der Waals surface area contributed by atoms with Gasteiger partial charge >= 0.3 is 5.97 Å². The third kappa shape index (κ3) is 3.60. The van der Waals surface area contributed by atoms with Gasteiger partial charge in [0.1, 0.15) is 0 Å². The Labute approximate surface area is 126 Å². The number of methoxy groups -OCH3 is 1. The van der Waals surface area contributed by atoms with Crippen LogP contribution in [0, 0.1) is 5.41 Å². The summed E-state index contributed by atoms with van der Waals surface area (Å²) in [6, 6.07) is 7.85. The highest BCUT2D eigenvalue weighted by atomic mass is 16.5. The minimum absolute atomic E-state index is 0.183. The molecule has 21 heavy (non-hydrogen) atoms. The van der Waals surface area contributed by atoms with Gasteiger partial charge in [-0.25, -0.2) is 0 Å². The predicted molar refractivity (Wildman–Crippen MR) is 82.2 cm³/mol. The van der Waals surface area contributed by atoms with Crippen molar-refractivity contribution in [1.29, 1.82) is 0 Å². The van der Waals surface area contributed by atoms with Crippen molar-refractivity contribution in [3.8, 4) is 0 Å². The summed E-state index contributed by atoms with van der Waals surface area (Å²) in [5.41, 5.74) is 1.59. The molecule has 0 amide bonds. The van der Waals surface area contributed by atoms with E-state index < -0.39 is 5.41 Å². The van der Waals surface area contributed by atoms with Gasteiger partial charge in [0, 0.05) is 17.4 Å². The normalized spacial score (nSPS) is 21.3. The van der Waals surface area contributed by atoms with Crippen molar-refractivity contribution in [1.82, 2.24) is 0 Å². The average molecular weight is 286 g/mol. The summed E-state index contributed by atoms with van der Waals surface area (Å²) in [4.78, 5) is 23.7. The average Bonchev–Trinajstić information content (AvgIpc) is 2.51. The maximum atomic E-state index is 12.6. The Balaban J connectivity index is 1.97. The van der Waals surface area contributed by atoms with E-state index in [4.69, 9.17) is 0 Å². The molecule has 1 aliphatic rings. The molecular weight excluding hydrogens is 264 g/mol. The van der Waals surface area contributed by atoms with E-state index in [9.17, 15) is 9.59 Å². The second-order valence-corrected chi connectivity index (χ2v) is 5.77. The van der Waals surface area contributed by atoms with Crippen molar-refractivity contribution in [2.45, 2.75) is 39.0 Å². The number of carbonyl (C=O) groups excluding carboxylic acids is 2. The number of benzene rings is 1. The molecule has 1 atom stereocenters. The van der Waals surface area contributed by atoms with Gasteiger partial charge in [0.2, 0.25) is 0 Å². The lowest BCUT2D eigenvalue weighted by molar-refractivity contribution is -0.140. The van der Waals surface area contributed by atoms with Crippen molar-refractivity contribution < 1.29 is 14.3 Å². The number of fused-ring (bicyclic) bond motifs is 1. The summed E-state index contributed by atoms with van der Waals surface area (Å²) < 4.78 is 4.61. The molecule has 0 aliphatic heterocycles. The number of ether oxygens (including phenoxy) is 1. The standard InChI is InChI=1S/C18H22O3/c1-18(12-7-3-4-10-16(19)21-2)13-11-14-8-5-6-9-15(14)17(18)20/h5-9,12H,3-4,10-11,13H2,1-2H3. The molecule has 1 aliphatic carbocycles. The van der Waals surface area contributed by atoms with Crippen LogP contribution in [0.1, 0.15) is 48.5 Å². The fraction of sp³-hybridized carbons (Fsp3) is 0.444. The number of rotatable bonds is 5. The Bertz CT molecular complexity index is 559. The maximum absolute atomic E-state index is 12.6. The highest BCUT2D eigenvalue weighted by Crippen LogP contribution is 2.36. The molecule has 0 aromatic heterocycles. The van der Waals surface area contributed by atoms with Crippen molar-refractivity contribution in [2.75, 3.05) is 7.11 Å². The second kappa shape index (κ2) is 6.70. The van der Waals surface area contributed by atoms with E-state index in [0.29, 0.717) is 6.42 Å². The van der Waals surface area contributed by atoms with E-state index in [1.54, 1.807) is 0 Å². The van der Waals surface area contributed by atoms with Gasteiger partial charge in [0.05, 0.1) is 7.11 Å². The lowest BCUT2D eigenvalue weighted by atomic mass is 9.71. The number of Topliss-reactive ketones (excluding diaryl/α,β-unsaturated/α-hetero) is 1. The monoisotopic (exact) mass is 286 g/mol. The molecule has 0 radical (unpaired) electrons. The van der Waals surface area contributed by atoms with Gasteiger partial charge in [0.15, 0.2) is 5.78 Å². The molecule has 1 aromatic carbocycles. The van der Waals surface area contributed by atoms with Gasteiger partial charge in [-0.1, -0.05) is 36.4 Å². The summed E-state index contributed by atoms with van der Waals surface area (Å²) in [5, 5.41) is 0. The highest BCUT2D eigenvalue weighted by molar-refractivity contribution is 6.03. The number of carbonyl (C=O) groups is 2. The number of hydrogen-bond donors (Lipinski definition) is 0. The number of hydrogen-bond acceptors (Lipinski definition) is 3.